The van der Waals surface area contributed by atoms with E-state index in [-0.39, 0.29) is 6.61 Å². The zero-order valence-corrected chi connectivity index (χ0v) is 12.5. The van der Waals surface area contributed by atoms with Crippen LogP contribution in [0.2, 0.25) is 0 Å². The van der Waals surface area contributed by atoms with E-state index in [1.165, 1.54) is 0 Å². The Labute approximate surface area is 120 Å². The maximum Gasteiger partial charge on any atom is 0.299 e. The van der Waals surface area contributed by atoms with Crippen LogP contribution in [-0.4, -0.2) is 26.7 Å². The van der Waals surface area contributed by atoms with Crippen LogP contribution >= 0.6 is 0 Å². The molecule has 0 heterocycles. The molecule has 0 radical (unpaired) electrons. The molecule has 0 aliphatic heterocycles. The van der Waals surface area contributed by atoms with Crippen molar-refractivity contribution in [2.75, 3.05) is 17.9 Å². The second kappa shape index (κ2) is 7.90. The maximum absolute atomic E-state index is 11.8. The lowest BCUT2D eigenvalue weighted by molar-refractivity contribution is 0.305. The third-order valence-electron chi connectivity index (χ3n) is 2.42. The Kier molecular flexibility index (Phi) is 6.52. The van der Waals surface area contributed by atoms with Gasteiger partial charge in [-0.3, -0.25) is 4.72 Å². The highest BCUT2D eigenvalue weighted by molar-refractivity contribution is 7.90. The van der Waals surface area contributed by atoms with Gasteiger partial charge in [0.15, 0.2) is 0 Å². The van der Waals surface area contributed by atoms with Gasteiger partial charge in [0.1, 0.15) is 0 Å². The highest BCUT2D eigenvalue weighted by Gasteiger charge is 2.11. The first kappa shape index (κ1) is 16.5. The lowest BCUT2D eigenvalue weighted by Crippen LogP contribution is -2.30. The number of aryl methyl sites for hydroxylation is 1. The van der Waals surface area contributed by atoms with Crippen LogP contribution in [0.5, 0.6) is 0 Å². The first-order valence-corrected chi connectivity index (χ1v) is 7.94. The van der Waals surface area contributed by atoms with Gasteiger partial charge in [-0.2, -0.15) is 13.1 Å². The van der Waals surface area contributed by atoms with Gasteiger partial charge in [0, 0.05) is 18.5 Å². The fraction of sp³-hybridized carbons (Fsp3) is 0.429. The number of aliphatic hydroxyl groups excluding tert-OH is 1. The van der Waals surface area contributed by atoms with Crippen molar-refractivity contribution in [1.29, 1.82) is 0 Å². The molecule has 0 aliphatic rings. The van der Waals surface area contributed by atoms with E-state index < -0.39 is 10.2 Å². The molecule has 0 aliphatic carbocycles. The lowest BCUT2D eigenvalue weighted by atomic mass is 10.1. The summed E-state index contributed by atoms with van der Waals surface area (Å²) in [6.07, 6.45) is 1.08. The minimum absolute atomic E-state index is 0.0159. The Hall–Kier alpha value is -1.55. The number of rotatable bonds is 6. The lowest BCUT2D eigenvalue weighted by Gasteiger charge is -2.11. The Balaban J connectivity index is 2.99. The standard InChI is InChI=1S/C14H20N2O3S/c1-3-9-15-20(18,19)16-14-11-12(2)7-8-13(14)6-4-5-10-17/h7-8,11,15-17H,3,5,9-10H2,1-2H3. The van der Waals surface area contributed by atoms with Crippen molar-refractivity contribution in [1.82, 2.24) is 4.72 Å². The Bertz CT molecular complexity index is 601. The number of hydrogen-bond acceptors (Lipinski definition) is 3. The van der Waals surface area contributed by atoms with Crippen LogP contribution in [0.4, 0.5) is 5.69 Å². The molecule has 0 unspecified atom stereocenters. The average molecular weight is 296 g/mol. The van der Waals surface area contributed by atoms with E-state index in [1.54, 1.807) is 12.1 Å². The van der Waals surface area contributed by atoms with E-state index in [0.29, 0.717) is 24.2 Å². The molecular weight excluding hydrogens is 276 g/mol. The van der Waals surface area contributed by atoms with Crippen molar-refractivity contribution in [3.05, 3.63) is 29.3 Å². The Morgan fingerprint density at radius 1 is 1.35 bits per heavy atom. The second-order valence-electron chi connectivity index (χ2n) is 4.32. The van der Waals surface area contributed by atoms with E-state index in [9.17, 15) is 8.42 Å². The number of nitrogens with one attached hydrogen (secondary N) is 2. The maximum atomic E-state index is 11.8. The SMILES string of the molecule is CCCNS(=O)(=O)Nc1cc(C)ccc1C#CCCO. The summed E-state index contributed by atoms with van der Waals surface area (Å²) in [6.45, 7) is 4.13. The van der Waals surface area contributed by atoms with Crippen molar-refractivity contribution >= 4 is 15.9 Å². The van der Waals surface area contributed by atoms with Gasteiger partial charge < -0.3 is 5.11 Å². The molecule has 1 aromatic carbocycles. The monoisotopic (exact) mass is 296 g/mol. The van der Waals surface area contributed by atoms with Crippen molar-refractivity contribution in [3.63, 3.8) is 0 Å². The molecule has 0 amide bonds. The first-order valence-electron chi connectivity index (χ1n) is 6.46. The average Bonchev–Trinajstić information content (AvgIpc) is 2.39. The quantitative estimate of drug-likeness (QED) is 0.694. The summed E-state index contributed by atoms with van der Waals surface area (Å²) >= 11 is 0. The second-order valence-corrected chi connectivity index (χ2v) is 5.82. The van der Waals surface area contributed by atoms with Crippen molar-refractivity contribution < 1.29 is 13.5 Å². The van der Waals surface area contributed by atoms with Crippen LogP contribution in [0, 0.1) is 18.8 Å². The highest BCUT2D eigenvalue weighted by Crippen LogP contribution is 2.17. The topological polar surface area (TPSA) is 78.4 Å². The minimum atomic E-state index is -3.58. The molecule has 20 heavy (non-hydrogen) atoms. The normalized spacial score (nSPS) is 10.8. The van der Waals surface area contributed by atoms with Crippen LogP contribution < -0.4 is 9.44 Å². The molecule has 5 nitrogen and oxygen atoms in total. The molecule has 0 saturated carbocycles. The van der Waals surface area contributed by atoms with Crippen LogP contribution in [0.1, 0.15) is 30.9 Å². The van der Waals surface area contributed by atoms with Crippen LogP contribution in [0.25, 0.3) is 0 Å². The molecule has 110 valence electrons. The Morgan fingerprint density at radius 3 is 2.75 bits per heavy atom. The van der Waals surface area contributed by atoms with Crippen LogP contribution in [0.3, 0.4) is 0 Å². The zero-order valence-electron chi connectivity index (χ0n) is 11.7. The zero-order chi connectivity index (χ0) is 15.0. The van der Waals surface area contributed by atoms with Gasteiger partial charge in [0.05, 0.1) is 12.3 Å². The Morgan fingerprint density at radius 2 is 2.10 bits per heavy atom. The summed E-state index contributed by atoms with van der Waals surface area (Å²) in [5, 5.41) is 8.72. The van der Waals surface area contributed by atoms with E-state index in [2.05, 4.69) is 21.3 Å². The predicted molar refractivity (Wildman–Crippen MR) is 80.6 cm³/mol. The van der Waals surface area contributed by atoms with E-state index in [4.69, 9.17) is 5.11 Å². The predicted octanol–water partition coefficient (Wildman–Crippen LogP) is 1.39. The van der Waals surface area contributed by atoms with Crippen molar-refractivity contribution in [2.45, 2.75) is 26.7 Å². The van der Waals surface area contributed by atoms with Gasteiger partial charge in [-0.25, -0.2) is 0 Å². The van der Waals surface area contributed by atoms with Gasteiger partial charge in [0.25, 0.3) is 10.2 Å². The van der Waals surface area contributed by atoms with Crippen molar-refractivity contribution in [2.24, 2.45) is 0 Å². The van der Waals surface area contributed by atoms with Gasteiger partial charge >= 0.3 is 0 Å². The molecule has 1 aromatic rings. The number of hydrogen-bond donors (Lipinski definition) is 3. The molecule has 3 N–H and O–H groups in total. The summed E-state index contributed by atoms with van der Waals surface area (Å²) in [5.74, 6) is 5.64. The summed E-state index contributed by atoms with van der Waals surface area (Å²) < 4.78 is 28.6. The van der Waals surface area contributed by atoms with Gasteiger partial charge in [0.2, 0.25) is 0 Å². The largest absolute Gasteiger partial charge is 0.395 e. The minimum Gasteiger partial charge on any atom is -0.395 e. The third kappa shape index (κ3) is 5.61. The third-order valence-corrected chi connectivity index (χ3v) is 3.49. The molecule has 0 bridgehead atoms. The molecule has 1 rings (SSSR count). The summed E-state index contributed by atoms with van der Waals surface area (Å²) in [7, 11) is -3.58. The summed E-state index contributed by atoms with van der Waals surface area (Å²) in [6, 6.07) is 5.35. The molecule has 0 saturated heterocycles. The molecule has 0 aromatic heterocycles. The summed E-state index contributed by atoms with van der Waals surface area (Å²) in [5.41, 5.74) is 1.97. The van der Waals surface area contributed by atoms with Gasteiger partial charge in [-0.1, -0.05) is 24.8 Å². The molecule has 6 heteroatoms. The molecule has 0 spiro atoms. The smallest absolute Gasteiger partial charge is 0.299 e. The summed E-state index contributed by atoms with van der Waals surface area (Å²) in [4.78, 5) is 0. The van der Waals surface area contributed by atoms with E-state index >= 15 is 0 Å². The number of aliphatic hydroxyl groups is 1. The van der Waals surface area contributed by atoms with E-state index in [0.717, 1.165) is 12.0 Å². The van der Waals surface area contributed by atoms with Crippen molar-refractivity contribution in [3.8, 4) is 11.8 Å². The molecule has 0 atom stereocenters. The molecule has 0 fully saturated rings. The van der Waals surface area contributed by atoms with E-state index in [1.807, 2.05) is 19.9 Å². The van der Waals surface area contributed by atoms with Gasteiger partial charge in [-0.15, -0.1) is 0 Å². The van der Waals surface area contributed by atoms with Crippen LogP contribution in [0.15, 0.2) is 18.2 Å². The first-order chi connectivity index (χ1) is 9.48. The number of anilines is 1. The highest BCUT2D eigenvalue weighted by atomic mass is 32.2. The van der Waals surface area contributed by atoms with Gasteiger partial charge in [-0.05, 0) is 31.0 Å². The fourth-order valence-electron chi connectivity index (χ4n) is 1.48. The fourth-order valence-corrected chi connectivity index (χ4v) is 2.49. The number of benzene rings is 1. The molecular formula is C14H20N2O3S. The van der Waals surface area contributed by atoms with Crippen LogP contribution in [-0.2, 0) is 10.2 Å².